The summed E-state index contributed by atoms with van der Waals surface area (Å²) in [4.78, 5) is 19.5. The van der Waals surface area contributed by atoms with E-state index in [0.29, 0.717) is 5.56 Å². The molecule has 2 N–H and O–H groups in total. The summed E-state index contributed by atoms with van der Waals surface area (Å²) >= 11 is 5.88. The van der Waals surface area contributed by atoms with Crippen LogP contribution in [-0.4, -0.2) is 45.7 Å². The fraction of sp³-hybridized carbons (Fsp3) is 0.258. The van der Waals surface area contributed by atoms with Crippen molar-refractivity contribution in [3.05, 3.63) is 113 Å². The van der Waals surface area contributed by atoms with Crippen LogP contribution in [0.2, 0.25) is 0 Å². The van der Waals surface area contributed by atoms with Crippen LogP contribution in [0, 0.1) is 13.8 Å². The minimum absolute atomic E-state index is 0.0608. The van der Waals surface area contributed by atoms with E-state index >= 15 is 0 Å². The van der Waals surface area contributed by atoms with E-state index in [-0.39, 0.29) is 18.1 Å². The number of ether oxygens (including phenoxy) is 1. The second kappa shape index (κ2) is 11.7. The van der Waals surface area contributed by atoms with Gasteiger partial charge in [-0.25, -0.2) is 4.79 Å². The number of carbonyl (C=O) groups excluding carboxylic acids is 1. The van der Waals surface area contributed by atoms with Gasteiger partial charge in [-0.2, -0.15) is 0 Å². The summed E-state index contributed by atoms with van der Waals surface area (Å²) in [5, 5.41) is 7.77. The maximum absolute atomic E-state index is 12.6. The molecule has 0 unspecified atom stereocenters. The van der Waals surface area contributed by atoms with Crippen molar-refractivity contribution >= 4 is 29.0 Å². The summed E-state index contributed by atoms with van der Waals surface area (Å²) in [6, 6.07) is 25.8. The number of nitrogens with one attached hydrogen (secondary N) is 2. The van der Waals surface area contributed by atoms with E-state index in [4.69, 9.17) is 17.0 Å². The van der Waals surface area contributed by atoms with Gasteiger partial charge in [-0.3, -0.25) is 4.98 Å². The lowest BCUT2D eigenvalue weighted by Gasteiger charge is -2.28. The predicted molar refractivity (Wildman–Crippen MR) is 158 cm³/mol. The van der Waals surface area contributed by atoms with Crippen LogP contribution >= 0.6 is 12.2 Å². The van der Waals surface area contributed by atoms with Gasteiger partial charge in [0.1, 0.15) is 0 Å². The standard InChI is InChI=1S/C31H33N5O2S/c1-21-20-25(22(2)36(21)27-16-8-7-14-24(27)30(37)38-3)29-28(26-15-9-10-17-33-26)34-31(39)35(29)19-11-18-32-23-12-5-4-6-13-23/h4-10,12-17,20,28-29,32H,11,18-19H2,1-3H3,(H,34,39)/t28-,29+/m1/s1. The largest absolute Gasteiger partial charge is 0.465 e. The fourth-order valence-corrected chi connectivity index (χ4v) is 5.76. The fourth-order valence-electron chi connectivity index (χ4n) is 5.43. The zero-order valence-electron chi connectivity index (χ0n) is 22.4. The van der Waals surface area contributed by atoms with Crippen LogP contribution in [-0.2, 0) is 4.74 Å². The van der Waals surface area contributed by atoms with Crippen LogP contribution in [0.25, 0.3) is 5.69 Å². The Bertz CT molecular complexity index is 1450. The Morgan fingerprint density at radius 2 is 1.79 bits per heavy atom. The minimum Gasteiger partial charge on any atom is -0.465 e. The Kier molecular flexibility index (Phi) is 7.93. The molecule has 1 saturated heterocycles. The molecule has 0 aliphatic carbocycles. The Balaban J connectivity index is 1.49. The van der Waals surface area contributed by atoms with Gasteiger partial charge in [0.25, 0.3) is 0 Å². The Hall–Kier alpha value is -4.17. The minimum atomic E-state index is -0.359. The molecule has 4 aromatic rings. The Morgan fingerprint density at radius 1 is 1.05 bits per heavy atom. The molecule has 0 saturated carbocycles. The predicted octanol–water partition coefficient (Wildman–Crippen LogP) is 5.75. The SMILES string of the molecule is COC(=O)c1ccccc1-n1c(C)cc([C@H]2[C@@H](c3ccccn3)NC(=S)N2CCCNc2ccccc2)c1C. The molecule has 2 aromatic carbocycles. The topological polar surface area (TPSA) is 71.4 Å². The molecule has 1 aliphatic rings. The molecule has 0 spiro atoms. The van der Waals surface area contributed by atoms with Crippen molar-refractivity contribution in [2.75, 3.05) is 25.5 Å². The number of hydrogen-bond acceptors (Lipinski definition) is 5. The van der Waals surface area contributed by atoms with Crippen LogP contribution in [0.4, 0.5) is 5.69 Å². The van der Waals surface area contributed by atoms with Gasteiger partial charge in [-0.05, 0) is 80.5 Å². The highest BCUT2D eigenvalue weighted by atomic mass is 32.1. The van der Waals surface area contributed by atoms with Crippen molar-refractivity contribution in [1.82, 2.24) is 19.8 Å². The van der Waals surface area contributed by atoms with Gasteiger partial charge in [0.2, 0.25) is 0 Å². The van der Waals surface area contributed by atoms with Crippen LogP contribution in [0.1, 0.15) is 51.5 Å². The molecule has 2 atom stereocenters. The van der Waals surface area contributed by atoms with E-state index in [1.807, 2.05) is 60.8 Å². The van der Waals surface area contributed by atoms with Crippen LogP contribution in [0.3, 0.4) is 0 Å². The van der Waals surface area contributed by atoms with Crippen LogP contribution < -0.4 is 10.6 Å². The molecule has 2 aromatic heterocycles. The monoisotopic (exact) mass is 539 g/mol. The number of para-hydroxylation sites is 2. The first kappa shape index (κ1) is 26.4. The molecule has 8 heteroatoms. The summed E-state index contributed by atoms with van der Waals surface area (Å²) in [6.45, 7) is 5.77. The van der Waals surface area contributed by atoms with Crippen molar-refractivity contribution in [2.24, 2.45) is 0 Å². The summed E-state index contributed by atoms with van der Waals surface area (Å²) in [5.41, 5.74) is 6.59. The highest BCUT2D eigenvalue weighted by Crippen LogP contribution is 2.41. The van der Waals surface area contributed by atoms with E-state index < -0.39 is 0 Å². The third kappa shape index (κ3) is 5.38. The maximum atomic E-state index is 12.6. The summed E-state index contributed by atoms with van der Waals surface area (Å²) < 4.78 is 7.21. The molecule has 1 aliphatic heterocycles. The van der Waals surface area contributed by atoms with Gasteiger partial charge >= 0.3 is 5.97 Å². The molecule has 1 fully saturated rings. The van der Waals surface area contributed by atoms with E-state index in [1.165, 1.54) is 7.11 Å². The van der Waals surface area contributed by atoms with Gasteiger partial charge in [-0.15, -0.1) is 0 Å². The third-order valence-electron chi connectivity index (χ3n) is 7.22. The van der Waals surface area contributed by atoms with E-state index in [1.54, 1.807) is 6.07 Å². The number of pyridine rings is 1. The Labute approximate surface area is 234 Å². The first-order valence-corrected chi connectivity index (χ1v) is 13.5. The number of rotatable bonds is 9. The zero-order chi connectivity index (χ0) is 27.4. The van der Waals surface area contributed by atoms with Crippen molar-refractivity contribution in [2.45, 2.75) is 32.4 Å². The molecule has 0 amide bonds. The second-order valence-electron chi connectivity index (χ2n) is 9.64. The molecule has 0 radical (unpaired) electrons. The number of benzene rings is 2. The lowest BCUT2D eigenvalue weighted by atomic mass is 9.96. The number of hydrogen-bond donors (Lipinski definition) is 2. The molecule has 7 nitrogen and oxygen atoms in total. The zero-order valence-corrected chi connectivity index (χ0v) is 23.2. The second-order valence-corrected chi connectivity index (χ2v) is 10.0. The number of esters is 1. The number of thiocarbonyl (C=S) groups is 1. The number of methoxy groups -OCH3 is 1. The highest BCUT2D eigenvalue weighted by Gasteiger charge is 2.41. The van der Waals surface area contributed by atoms with E-state index in [2.05, 4.69) is 57.1 Å². The maximum Gasteiger partial charge on any atom is 0.339 e. The summed E-state index contributed by atoms with van der Waals surface area (Å²) in [7, 11) is 1.41. The molecule has 200 valence electrons. The summed E-state index contributed by atoms with van der Waals surface area (Å²) in [6.07, 6.45) is 2.73. The van der Waals surface area contributed by atoms with Crippen molar-refractivity contribution < 1.29 is 9.53 Å². The van der Waals surface area contributed by atoms with Crippen molar-refractivity contribution in [3.8, 4) is 5.69 Å². The molecular formula is C31H33N5O2S. The third-order valence-corrected chi connectivity index (χ3v) is 7.57. The van der Waals surface area contributed by atoms with Crippen LogP contribution in [0.5, 0.6) is 0 Å². The lowest BCUT2D eigenvalue weighted by Crippen LogP contribution is -2.31. The lowest BCUT2D eigenvalue weighted by molar-refractivity contribution is 0.0600. The van der Waals surface area contributed by atoms with Gasteiger partial charge in [0.05, 0.1) is 36.1 Å². The highest BCUT2D eigenvalue weighted by molar-refractivity contribution is 7.80. The number of carbonyl (C=O) groups is 1. The number of nitrogens with zero attached hydrogens (tertiary/aromatic N) is 3. The van der Waals surface area contributed by atoms with E-state index in [0.717, 1.165) is 58.6 Å². The Morgan fingerprint density at radius 3 is 2.54 bits per heavy atom. The molecule has 0 bridgehead atoms. The number of aryl methyl sites for hydroxylation is 1. The molecule has 5 rings (SSSR count). The first-order valence-electron chi connectivity index (χ1n) is 13.1. The van der Waals surface area contributed by atoms with Crippen LogP contribution in [0.15, 0.2) is 85.1 Å². The van der Waals surface area contributed by atoms with Gasteiger partial charge in [-0.1, -0.05) is 36.4 Å². The molecular weight excluding hydrogens is 506 g/mol. The van der Waals surface area contributed by atoms with Gasteiger partial charge in [0.15, 0.2) is 5.11 Å². The van der Waals surface area contributed by atoms with E-state index in [9.17, 15) is 4.79 Å². The average Bonchev–Trinajstić information content (AvgIpc) is 3.45. The smallest absolute Gasteiger partial charge is 0.339 e. The molecule has 3 heterocycles. The van der Waals surface area contributed by atoms with Crippen molar-refractivity contribution in [3.63, 3.8) is 0 Å². The summed E-state index contributed by atoms with van der Waals surface area (Å²) in [5.74, 6) is -0.359. The molecule has 39 heavy (non-hydrogen) atoms. The van der Waals surface area contributed by atoms with Gasteiger partial charge in [0, 0.05) is 36.4 Å². The number of anilines is 1. The van der Waals surface area contributed by atoms with Gasteiger partial charge < -0.3 is 24.8 Å². The first-order chi connectivity index (χ1) is 19.0. The quantitative estimate of drug-likeness (QED) is 0.159. The normalized spacial score (nSPS) is 16.7. The van der Waals surface area contributed by atoms with Crippen molar-refractivity contribution in [1.29, 1.82) is 0 Å². The average molecular weight is 540 g/mol. The number of aromatic nitrogens is 2.